The van der Waals surface area contributed by atoms with Gasteiger partial charge in [-0.1, -0.05) is 65.4 Å². The van der Waals surface area contributed by atoms with Crippen LogP contribution in [-0.2, 0) is 11.2 Å². The van der Waals surface area contributed by atoms with E-state index in [0.717, 1.165) is 16.1 Å². The Kier molecular flexibility index (Phi) is 8.16. The largest absolute Gasteiger partial charge is 0.484 e. The number of thiazole rings is 1. The number of ether oxygens (including phenoxy) is 1. The second-order valence-electron chi connectivity index (χ2n) is 10.0. The number of hydrogen-bond donors (Lipinski definition) is 1. The van der Waals surface area contributed by atoms with Crippen LogP contribution in [0.3, 0.4) is 0 Å². The number of nitrogen functional groups attached to an aromatic ring is 1. The summed E-state index contributed by atoms with van der Waals surface area (Å²) in [6.45, 7) is 2.11. The lowest BCUT2D eigenvalue weighted by Crippen LogP contribution is -2.50. The van der Waals surface area contributed by atoms with Crippen molar-refractivity contribution in [2.45, 2.75) is 12.3 Å². The molecule has 5 aromatic rings. The van der Waals surface area contributed by atoms with Crippen LogP contribution in [0.5, 0.6) is 5.75 Å². The number of piperazine rings is 1. The molecule has 1 unspecified atom stereocenters. The van der Waals surface area contributed by atoms with Gasteiger partial charge in [0.15, 0.2) is 17.3 Å². The molecule has 0 radical (unpaired) electrons. The first-order valence-electron chi connectivity index (χ1n) is 13.6. The molecule has 3 heterocycles. The highest BCUT2D eigenvalue weighted by atomic mass is 35.5. The van der Waals surface area contributed by atoms with Gasteiger partial charge in [0, 0.05) is 37.1 Å². The van der Waals surface area contributed by atoms with Crippen LogP contribution in [0.2, 0.25) is 5.02 Å². The summed E-state index contributed by atoms with van der Waals surface area (Å²) < 4.78 is 19.4. The number of anilines is 2. The zero-order valence-electron chi connectivity index (χ0n) is 22.6. The number of aromatic nitrogens is 3. The first kappa shape index (κ1) is 27.9. The molecule has 214 valence electrons. The molecule has 2 aromatic heterocycles. The average molecular weight is 603 g/mol. The third-order valence-electron chi connectivity index (χ3n) is 7.24. The molecular weight excluding hydrogens is 575 g/mol. The van der Waals surface area contributed by atoms with Crippen LogP contribution in [0.4, 0.5) is 16.2 Å². The van der Waals surface area contributed by atoms with Gasteiger partial charge in [-0.05, 0) is 53.9 Å². The number of carbonyl (C=O) groups excluding carboxylic acids is 1. The van der Waals surface area contributed by atoms with E-state index in [1.165, 1.54) is 23.5 Å². The van der Waals surface area contributed by atoms with Crippen molar-refractivity contribution in [1.82, 2.24) is 19.9 Å². The van der Waals surface area contributed by atoms with Crippen molar-refractivity contribution in [1.29, 1.82) is 0 Å². The van der Waals surface area contributed by atoms with E-state index < -0.39 is 0 Å². The lowest BCUT2D eigenvalue weighted by Gasteiger charge is -2.35. The third kappa shape index (κ3) is 6.29. The van der Waals surface area contributed by atoms with Crippen molar-refractivity contribution in [3.05, 3.63) is 106 Å². The number of hydrogen-bond acceptors (Lipinski definition) is 8. The fraction of sp³-hybridized carbons (Fsp3) is 0.226. The third-order valence-corrected chi connectivity index (χ3v) is 8.55. The molecule has 1 atom stereocenters. The Balaban J connectivity index is 1.21. The Morgan fingerprint density at radius 2 is 1.67 bits per heavy atom. The Morgan fingerprint density at radius 1 is 0.952 bits per heavy atom. The van der Waals surface area contributed by atoms with E-state index in [2.05, 4.69) is 27.0 Å². The highest BCUT2D eigenvalue weighted by Crippen LogP contribution is 2.37. The molecule has 6 rings (SSSR count). The zero-order chi connectivity index (χ0) is 29.1. The molecule has 0 bridgehead atoms. The molecule has 1 fully saturated rings. The van der Waals surface area contributed by atoms with Gasteiger partial charge < -0.3 is 20.3 Å². The molecule has 3 aromatic carbocycles. The fourth-order valence-electron chi connectivity index (χ4n) is 5.04. The first-order valence-corrected chi connectivity index (χ1v) is 14.8. The lowest BCUT2D eigenvalue weighted by atomic mass is 9.92. The van der Waals surface area contributed by atoms with Crippen LogP contribution in [0.15, 0.2) is 78.9 Å². The van der Waals surface area contributed by atoms with E-state index in [-0.39, 0.29) is 30.2 Å². The molecule has 1 aliphatic rings. The van der Waals surface area contributed by atoms with Crippen LogP contribution < -0.4 is 15.4 Å². The summed E-state index contributed by atoms with van der Waals surface area (Å²) in [6, 6.07) is 23.6. The smallest absolute Gasteiger partial charge is 0.260 e. The minimum Gasteiger partial charge on any atom is -0.484 e. The number of carbonyl (C=O) groups is 1. The minimum atomic E-state index is -0.281. The van der Waals surface area contributed by atoms with Crippen molar-refractivity contribution in [2.75, 3.05) is 43.4 Å². The van der Waals surface area contributed by atoms with Crippen LogP contribution in [0.25, 0.3) is 10.3 Å². The van der Waals surface area contributed by atoms with Gasteiger partial charge >= 0.3 is 0 Å². The summed E-state index contributed by atoms with van der Waals surface area (Å²) in [5, 5.41) is 1.47. The summed E-state index contributed by atoms with van der Waals surface area (Å²) in [7, 11) is 0. The quantitative estimate of drug-likeness (QED) is 0.248. The lowest BCUT2D eigenvalue weighted by molar-refractivity contribution is -0.133. The highest BCUT2D eigenvalue weighted by molar-refractivity contribution is 7.18. The van der Waals surface area contributed by atoms with Crippen molar-refractivity contribution in [3.8, 4) is 5.75 Å². The highest BCUT2D eigenvalue weighted by Gasteiger charge is 2.27. The maximum atomic E-state index is 13.8. The Hall–Kier alpha value is -4.28. The molecule has 1 aliphatic heterocycles. The van der Waals surface area contributed by atoms with Crippen LogP contribution in [-0.4, -0.2) is 58.5 Å². The molecule has 11 heteroatoms. The molecule has 0 aliphatic carbocycles. The van der Waals surface area contributed by atoms with Gasteiger partial charge in [-0.2, -0.15) is 4.98 Å². The second-order valence-corrected chi connectivity index (χ2v) is 11.5. The van der Waals surface area contributed by atoms with Crippen LogP contribution >= 0.6 is 22.9 Å². The van der Waals surface area contributed by atoms with Crippen molar-refractivity contribution >= 4 is 51.0 Å². The number of nitrogens with zero attached hydrogens (tertiary/aromatic N) is 5. The van der Waals surface area contributed by atoms with Crippen molar-refractivity contribution in [3.63, 3.8) is 0 Å². The average Bonchev–Trinajstić information content (AvgIpc) is 3.44. The van der Waals surface area contributed by atoms with E-state index >= 15 is 0 Å². The van der Waals surface area contributed by atoms with Gasteiger partial charge in [-0.15, -0.1) is 0 Å². The predicted molar refractivity (Wildman–Crippen MR) is 164 cm³/mol. The SMILES string of the molecule is Nc1nc(N2CCN(C(=O)COc3ccc(Cl)cc3)CC2)c2nc(C(Cc3ccccc3)c3ccc(F)cc3)sc2n1. The second kappa shape index (κ2) is 12.3. The maximum Gasteiger partial charge on any atom is 0.260 e. The van der Waals surface area contributed by atoms with Gasteiger partial charge in [-0.3, -0.25) is 4.79 Å². The summed E-state index contributed by atoms with van der Waals surface area (Å²) >= 11 is 7.40. The summed E-state index contributed by atoms with van der Waals surface area (Å²) in [5.41, 5.74) is 8.94. The summed E-state index contributed by atoms with van der Waals surface area (Å²) in [6.07, 6.45) is 0.698. The molecule has 2 N–H and O–H groups in total. The Labute approximate surface area is 251 Å². The van der Waals surface area contributed by atoms with E-state index in [0.29, 0.717) is 59.5 Å². The van der Waals surface area contributed by atoms with E-state index in [1.807, 2.05) is 30.3 Å². The van der Waals surface area contributed by atoms with Crippen molar-refractivity contribution < 1.29 is 13.9 Å². The molecule has 1 amide bonds. The molecular formula is C31H28ClFN6O2S. The first-order chi connectivity index (χ1) is 20.4. The summed E-state index contributed by atoms with van der Waals surface area (Å²) in [5.74, 6) is 0.950. The number of rotatable bonds is 8. The number of nitrogens with two attached hydrogens (primary N) is 1. The predicted octanol–water partition coefficient (Wildman–Crippen LogP) is 5.56. The number of halogens is 2. The van der Waals surface area contributed by atoms with E-state index in [1.54, 1.807) is 29.2 Å². The van der Waals surface area contributed by atoms with E-state index in [4.69, 9.17) is 27.1 Å². The van der Waals surface area contributed by atoms with Gasteiger partial charge in [-0.25, -0.2) is 14.4 Å². The monoisotopic (exact) mass is 602 g/mol. The Morgan fingerprint density at radius 3 is 2.38 bits per heavy atom. The number of amides is 1. The molecule has 8 nitrogen and oxygen atoms in total. The van der Waals surface area contributed by atoms with E-state index in [9.17, 15) is 9.18 Å². The standard InChI is InChI=1S/C31H28ClFN6O2S/c32-22-8-12-24(13-9-22)41-19-26(40)38-14-16-39(17-15-38)28-27-30(37-31(34)36-28)42-29(35-27)25(18-20-4-2-1-3-5-20)21-6-10-23(33)11-7-21/h1-13,25H,14-19H2,(H2,34,36,37). The van der Waals surface area contributed by atoms with Crippen molar-refractivity contribution in [2.24, 2.45) is 0 Å². The normalized spacial score (nSPS) is 14.2. The molecule has 0 spiro atoms. The maximum absolute atomic E-state index is 13.8. The minimum absolute atomic E-state index is 0.0477. The van der Waals surface area contributed by atoms with Gasteiger partial charge in [0.2, 0.25) is 5.95 Å². The molecule has 42 heavy (non-hydrogen) atoms. The van der Waals surface area contributed by atoms with Gasteiger partial charge in [0.05, 0.1) is 0 Å². The van der Waals surface area contributed by atoms with Crippen LogP contribution in [0.1, 0.15) is 22.1 Å². The van der Waals surface area contributed by atoms with Crippen LogP contribution in [0, 0.1) is 5.82 Å². The Bertz CT molecular complexity index is 1680. The van der Waals surface area contributed by atoms with Gasteiger partial charge in [0.25, 0.3) is 5.91 Å². The molecule has 0 saturated carbocycles. The van der Waals surface area contributed by atoms with Gasteiger partial charge in [0.1, 0.15) is 22.1 Å². The zero-order valence-corrected chi connectivity index (χ0v) is 24.2. The fourth-order valence-corrected chi connectivity index (χ4v) is 6.23. The number of benzene rings is 3. The number of fused-ring (bicyclic) bond motifs is 1. The topological polar surface area (TPSA) is 97.5 Å². The summed E-state index contributed by atoms with van der Waals surface area (Å²) in [4.78, 5) is 31.5. The molecule has 1 saturated heterocycles.